The van der Waals surface area contributed by atoms with Gasteiger partial charge in [-0.05, 0) is 67.1 Å². The monoisotopic (exact) mass is 518 g/mol. The number of carbonyl (C=O) groups is 2. The van der Waals surface area contributed by atoms with Gasteiger partial charge in [-0.2, -0.15) is 0 Å². The quantitative estimate of drug-likeness (QED) is 0.356. The Kier molecular flexibility index (Phi) is 9.24. The second-order valence-electron chi connectivity index (χ2n) is 9.90. The molecule has 3 aromatic carbocycles. The molecule has 1 atom stereocenters. The Bertz CT molecular complexity index is 1190. The lowest BCUT2D eigenvalue weighted by Crippen LogP contribution is -2.53. The van der Waals surface area contributed by atoms with Crippen molar-refractivity contribution in [2.75, 3.05) is 6.61 Å². The van der Waals surface area contributed by atoms with Crippen molar-refractivity contribution >= 4 is 23.4 Å². The van der Waals surface area contributed by atoms with Gasteiger partial charge in [0.2, 0.25) is 5.91 Å². The van der Waals surface area contributed by atoms with Crippen LogP contribution in [0.2, 0.25) is 5.02 Å². The number of hydrogen-bond acceptors (Lipinski definition) is 3. The summed E-state index contributed by atoms with van der Waals surface area (Å²) >= 11 is 6.11. The lowest BCUT2D eigenvalue weighted by molar-refractivity contribution is -0.143. The number of aryl methyl sites for hydroxylation is 2. The second-order valence-corrected chi connectivity index (χ2v) is 10.3. The number of halogens is 1. The van der Waals surface area contributed by atoms with Gasteiger partial charge >= 0.3 is 0 Å². The molecule has 0 aromatic heterocycles. The molecular formula is C31H35ClN2O3. The van der Waals surface area contributed by atoms with Gasteiger partial charge in [-0.3, -0.25) is 9.59 Å². The highest BCUT2D eigenvalue weighted by atomic mass is 35.5. The second kappa shape index (κ2) is 12.8. The first kappa shape index (κ1) is 26.7. The zero-order valence-corrected chi connectivity index (χ0v) is 22.3. The maximum Gasteiger partial charge on any atom is 0.261 e. The molecule has 4 rings (SSSR count). The van der Waals surface area contributed by atoms with Crippen molar-refractivity contribution in [3.05, 3.63) is 100 Å². The molecule has 0 unspecified atom stereocenters. The van der Waals surface area contributed by atoms with Crippen molar-refractivity contribution < 1.29 is 14.3 Å². The maximum absolute atomic E-state index is 13.8. The summed E-state index contributed by atoms with van der Waals surface area (Å²) in [5, 5.41) is 3.85. The van der Waals surface area contributed by atoms with E-state index in [2.05, 4.69) is 5.32 Å². The van der Waals surface area contributed by atoms with Crippen LogP contribution >= 0.6 is 11.6 Å². The van der Waals surface area contributed by atoms with Crippen LogP contribution in [0.1, 0.15) is 47.9 Å². The minimum Gasteiger partial charge on any atom is -0.483 e. The number of nitrogens with one attached hydrogen (secondary N) is 1. The summed E-state index contributed by atoms with van der Waals surface area (Å²) in [6, 6.07) is 22.6. The first-order chi connectivity index (χ1) is 17.9. The van der Waals surface area contributed by atoms with Gasteiger partial charge in [0, 0.05) is 24.0 Å². The van der Waals surface area contributed by atoms with Crippen LogP contribution in [0.25, 0.3) is 0 Å². The zero-order valence-electron chi connectivity index (χ0n) is 21.6. The van der Waals surface area contributed by atoms with Crippen molar-refractivity contribution in [3.8, 4) is 5.75 Å². The first-order valence-electron chi connectivity index (χ1n) is 13.0. The number of rotatable bonds is 10. The SMILES string of the molecule is Cc1ccc(C)c(OCC(=O)N(Cc2ccc(Cl)cc2)[C@H](Cc2ccccc2)C(=O)NC2CCCC2)c1. The molecule has 0 aliphatic heterocycles. The molecule has 194 valence electrons. The van der Waals surface area contributed by atoms with Crippen LogP contribution in [0, 0.1) is 13.8 Å². The van der Waals surface area contributed by atoms with Crippen LogP contribution in [0.15, 0.2) is 72.8 Å². The average Bonchev–Trinajstić information content (AvgIpc) is 3.41. The standard InChI is InChI=1S/C31H35ClN2O3/c1-22-12-13-23(2)29(18-22)37-21-30(35)34(20-25-14-16-26(32)17-15-25)28(19-24-8-4-3-5-9-24)31(36)33-27-10-6-7-11-27/h3-5,8-9,12-18,27-28H,6-7,10-11,19-21H2,1-2H3,(H,33,36)/t28-/m1/s1. The van der Waals surface area contributed by atoms with Gasteiger partial charge in [0.25, 0.3) is 5.91 Å². The Balaban J connectivity index is 1.62. The van der Waals surface area contributed by atoms with Crippen molar-refractivity contribution in [2.24, 2.45) is 0 Å². The molecule has 3 aromatic rings. The topological polar surface area (TPSA) is 58.6 Å². The first-order valence-corrected chi connectivity index (χ1v) is 13.3. The van der Waals surface area contributed by atoms with Crippen LogP contribution in [-0.4, -0.2) is 35.4 Å². The van der Waals surface area contributed by atoms with Crippen LogP contribution in [-0.2, 0) is 22.6 Å². The summed E-state index contributed by atoms with van der Waals surface area (Å²) in [6.45, 7) is 4.07. The number of carbonyl (C=O) groups excluding carboxylic acids is 2. The Hall–Kier alpha value is -3.31. The minimum atomic E-state index is -0.673. The fraction of sp³-hybridized carbons (Fsp3) is 0.355. The fourth-order valence-corrected chi connectivity index (χ4v) is 4.92. The average molecular weight is 519 g/mol. The van der Waals surface area contributed by atoms with Gasteiger partial charge in [-0.15, -0.1) is 0 Å². The van der Waals surface area contributed by atoms with Crippen molar-refractivity contribution in [2.45, 2.75) is 64.6 Å². The van der Waals surface area contributed by atoms with Crippen LogP contribution in [0.5, 0.6) is 5.75 Å². The van der Waals surface area contributed by atoms with Crippen molar-refractivity contribution in [3.63, 3.8) is 0 Å². The fourth-order valence-electron chi connectivity index (χ4n) is 4.79. The number of benzene rings is 3. The molecule has 0 saturated heterocycles. The van der Waals surface area contributed by atoms with E-state index in [9.17, 15) is 9.59 Å². The number of amides is 2. The van der Waals surface area contributed by atoms with Crippen molar-refractivity contribution in [1.82, 2.24) is 10.2 Å². The van der Waals surface area contributed by atoms with Crippen molar-refractivity contribution in [1.29, 1.82) is 0 Å². The van der Waals surface area contributed by atoms with Gasteiger partial charge in [-0.1, -0.05) is 79.0 Å². The third-order valence-electron chi connectivity index (χ3n) is 6.93. The highest BCUT2D eigenvalue weighted by molar-refractivity contribution is 6.30. The Morgan fingerprint density at radius 2 is 1.68 bits per heavy atom. The molecule has 37 heavy (non-hydrogen) atoms. The van der Waals surface area contributed by atoms with Gasteiger partial charge in [0.1, 0.15) is 11.8 Å². The lowest BCUT2D eigenvalue weighted by atomic mass is 10.0. The normalized spacial score (nSPS) is 14.2. The van der Waals surface area contributed by atoms with Gasteiger partial charge < -0.3 is 15.0 Å². The van der Waals surface area contributed by atoms with Crippen LogP contribution in [0.4, 0.5) is 0 Å². The molecule has 6 heteroatoms. The molecule has 1 N–H and O–H groups in total. The van der Waals surface area contributed by atoms with E-state index in [1.165, 1.54) is 0 Å². The van der Waals surface area contributed by atoms with Crippen LogP contribution in [0.3, 0.4) is 0 Å². The predicted molar refractivity (Wildman–Crippen MR) is 148 cm³/mol. The van der Waals surface area contributed by atoms with E-state index < -0.39 is 6.04 Å². The third kappa shape index (κ3) is 7.59. The Labute approximate surface area is 224 Å². The van der Waals surface area contributed by atoms with E-state index >= 15 is 0 Å². The summed E-state index contributed by atoms with van der Waals surface area (Å²) in [7, 11) is 0. The van der Waals surface area contributed by atoms with E-state index in [-0.39, 0.29) is 31.0 Å². The molecule has 1 aliphatic carbocycles. The van der Waals surface area contributed by atoms with E-state index in [0.717, 1.165) is 47.9 Å². The molecule has 1 saturated carbocycles. The Morgan fingerprint density at radius 1 is 0.973 bits per heavy atom. The summed E-state index contributed by atoms with van der Waals surface area (Å²) in [5.74, 6) is 0.318. The summed E-state index contributed by atoms with van der Waals surface area (Å²) in [6.07, 6.45) is 4.61. The summed E-state index contributed by atoms with van der Waals surface area (Å²) in [4.78, 5) is 29.1. The molecule has 1 fully saturated rings. The van der Waals surface area contributed by atoms with E-state index in [0.29, 0.717) is 17.2 Å². The molecule has 2 amide bonds. The van der Waals surface area contributed by atoms with E-state index in [1.54, 1.807) is 17.0 Å². The smallest absolute Gasteiger partial charge is 0.261 e. The molecule has 0 bridgehead atoms. The molecule has 0 spiro atoms. The predicted octanol–water partition coefficient (Wildman–Crippen LogP) is 6.03. The largest absolute Gasteiger partial charge is 0.483 e. The number of ether oxygens (including phenoxy) is 1. The molecule has 5 nitrogen and oxygen atoms in total. The molecule has 1 aliphatic rings. The molecule has 0 heterocycles. The number of hydrogen-bond donors (Lipinski definition) is 1. The Morgan fingerprint density at radius 3 is 2.38 bits per heavy atom. The van der Waals surface area contributed by atoms with Crippen LogP contribution < -0.4 is 10.1 Å². The van der Waals surface area contributed by atoms with E-state index in [4.69, 9.17) is 16.3 Å². The number of nitrogens with zero attached hydrogens (tertiary/aromatic N) is 1. The minimum absolute atomic E-state index is 0.121. The lowest BCUT2D eigenvalue weighted by Gasteiger charge is -2.32. The molecule has 0 radical (unpaired) electrons. The summed E-state index contributed by atoms with van der Waals surface area (Å²) in [5.41, 5.74) is 3.92. The summed E-state index contributed by atoms with van der Waals surface area (Å²) < 4.78 is 5.99. The third-order valence-corrected chi connectivity index (χ3v) is 7.19. The van der Waals surface area contributed by atoms with Gasteiger partial charge in [0.05, 0.1) is 0 Å². The van der Waals surface area contributed by atoms with Gasteiger partial charge in [-0.25, -0.2) is 0 Å². The highest BCUT2D eigenvalue weighted by Gasteiger charge is 2.32. The van der Waals surface area contributed by atoms with Gasteiger partial charge in [0.15, 0.2) is 6.61 Å². The van der Waals surface area contributed by atoms with E-state index in [1.807, 2.05) is 74.5 Å². The maximum atomic E-state index is 13.8. The molecular weight excluding hydrogens is 484 g/mol. The zero-order chi connectivity index (χ0) is 26.2. The highest BCUT2D eigenvalue weighted by Crippen LogP contribution is 2.22.